The van der Waals surface area contributed by atoms with Crippen molar-refractivity contribution in [3.8, 4) is 11.6 Å². The Labute approximate surface area is 138 Å². The van der Waals surface area contributed by atoms with Crippen molar-refractivity contribution in [2.24, 2.45) is 0 Å². The molecule has 0 aliphatic heterocycles. The molecular formula is C17H19N3O2S. The average molecular weight is 329 g/mol. The van der Waals surface area contributed by atoms with Gasteiger partial charge in [0.2, 0.25) is 5.88 Å². The van der Waals surface area contributed by atoms with Crippen LogP contribution in [0.5, 0.6) is 5.88 Å². The molecule has 0 amide bonds. The molecule has 0 unspecified atom stereocenters. The zero-order valence-electron chi connectivity index (χ0n) is 13.4. The predicted molar refractivity (Wildman–Crippen MR) is 91.8 cm³/mol. The Kier molecular flexibility index (Phi) is 4.09. The van der Waals surface area contributed by atoms with Crippen LogP contribution < -0.4 is 4.87 Å². The lowest BCUT2D eigenvalue weighted by Crippen LogP contribution is -2.10. The van der Waals surface area contributed by atoms with Gasteiger partial charge in [0, 0.05) is 30.6 Å². The summed E-state index contributed by atoms with van der Waals surface area (Å²) in [5.41, 5.74) is 4.31. The van der Waals surface area contributed by atoms with Crippen LogP contribution in [0.2, 0.25) is 0 Å². The number of aromatic hydroxyl groups is 1. The van der Waals surface area contributed by atoms with Gasteiger partial charge in [0.1, 0.15) is 0 Å². The quantitative estimate of drug-likeness (QED) is 0.800. The van der Waals surface area contributed by atoms with Crippen molar-refractivity contribution in [3.63, 3.8) is 0 Å². The first-order chi connectivity index (χ1) is 11.0. The molecule has 0 fully saturated rings. The molecule has 3 rings (SSSR count). The second-order valence-electron chi connectivity index (χ2n) is 5.48. The smallest absolute Gasteiger partial charge is 0.310 e. The number of nitrogens with zero attached hydrogens (tertiary/aromatic N) is 3. The van der Waals surface area contributed by atoms with Gasteiger partial charge >= 0.3 is 4.87 Å². The van der Waals surface area contributed by atoms with Gasteiger partial charge in [-0.05, 0) is 44.5 Å². The Morgan fingerprint density at radius 2 is 2.13 bits per heavy atom. The second-order valence-corrected chi connectivity index (χ2v) is 6.52. The number of aryl methyl sites for hydroxylation is 1. The van der Waals surface area contributed by atoms with Crippen LogP contribution >= 0.6 is 11.3 Å². The molecule has 3 aromatic heterocycles. The van der Waals surface area contributed by atoms with E-state index in [1.54, 1.807) is 6.20 Å². The molecule has 0 bridgehead atoms. The van der Waals surface area contributed by atoms with Crippen LogP contribution in [0.25, 0.3) is 5.69 Å². The highest BCUT2D eigenvalue weighted by Gasteiger charge is 2.17. The van der Waals surface area contributed by atoms with Crippen molar-refractivity contribution in [1.29, 1.82) is 0 Å². The molecule has 0 aliphatic carbocycles. The first-order valence-corrected chi connectivity index (χ1v) is 8.34. The molecule has 5 nitrogen and oxygen atoms in total. The standard InChI is InChI=1S/C17H19N3O2S/c1-4-19-16(21)15(23-17(19)22)9-13-8-11(2)20(12(13)3)14-6-5-7-18-10-14/h5-8,10,21H,4,9H2,1-3H3. The lowest BCUT2D eigenvalue weighted by molar-refractivity contribution is 0.413. The Balaban J connectivity index is 2.01. The number of thiazole rings is 1. The minimum atomic E-state index is -0.110. The molecule has 23 heavy (non-hydrogen) atoms. The number of hydrogen-bond donors (Lipinski definition) is 1. The van der Waals surface area contributed by atoms with Crippen LogP contribution in [0.3, 0.4) is 0 Å². The van der Waals surface area contributed by atoms with E-state index in [9.17, 15) is 9.90 Å². The number of rotatable bonds is 4. The molecule has 0 atom stereocenters. The van der Waals surface area contributed by atoms with E-state index in [0.29, 0.717) is 17.8 Å². The largest absolute Gasteiger partial charge is 0.494 e. The van der Waals surface area contributed by atoms with E-state index in [0.717, 1.165) is 34.0 Å². The van der Waals surface area contributed by atoms with E-state index >= 15 is 0 Å². The molecule has 1 N–H and O–H groups in total. The Morgan fingerprint density at radius 3 is 2.74 bits per heavy atom. The highest BCUT2D eigenvalue weighted by Crippen LogP contribution is 2.27. The lowest BCUT2D eigenvalue weighted by Gasteiger charge is -2.09. The molecule has 0 radical (unpaired) electrons. The van der Waals surface area contributed by atoms with Crippen LogP contribution in [0.15, 0.2) is 35.4 Å². The number of aromatic nitrogens is 3. The molecule has 0 spiro atoms. The fourth-order valence-corrected chi connectivity index (χ4v) is 3.87. The fraction of sp³-hybridized carbons (Fsp3) is 0.294. The van der Waals surface area contributed by atoms with Gasteiger partial charge in [0.05, 0.1) is 16.8 Å². The summed E-state index contributed by atoms with van der Waals surface area (Å²) < 4.78 is 3.54. The zero-order chi connectivity index (χ0) is 16.6. The average Bonchev–Trinajstić information content (AvgIpc) is 2.96. The maximum atomic E-state index is 11.9. The third-order valence-corrected chi connectivity index (χ3v) is 5.01. The minimum absolute atomic E-state index is 0.0914. The fourth-order valence-electron chi connectivity index (χ4n) is 2.90. The van der Waals surface area contributed by atoms with E-state index < -0.39 is 0 Å². The number of pyridine rings is 1. The van der Waals surface area contributed by atoms with Crippen molar-refractivity contribution in [2.75, 3.05) is 0 Å². The summed E-state index contributed by atoms with van der Waals surface area (Å²) in [7, 11) is 0. The monoisotopic (exact) mass is 329 g/mol. The maximum Gasteiger partial charge on any atom is 0.310 e. The Morgan fingerprint density at radius 1 is 1.35 bits per heavy atom. The normalized spacial score (nSPS) is 11.1. The molecule has 3 aromatic rings. The zero-order valence-corrected chi connectivity index (χ0v) is 14.2. The van der Waals surface area contributed by atoms with Crippen molar-refractivity contribution < 1.29 is 5.11 Å². The third-order valence-electron chi connectivity index (χ3n) is 4.04. The van der Waals surface area contributed by atoms with Gasteiger partial charge in [-0.1, -0.05) is 11.3 Å². The van der Waals surface area contributed by atoms with Gasteiger partial charge in [-0.3, -0.25) is 14.3 Å². The highest BCUT2D eigenvalue weighted by molar-refractivity contribution is 7.09. The summed E-state index contributed by atoms with van der Waals surface area (Å²) in [5.74, 6) is 0.0914. The Hall–Kier alpha value is -2.34. The Bertz CT molecular complexity index is 891. The van der Waals surface area contributed by atoms with Crippen molar-refractivity contribution in [3.05, 3.63) is 62.1 Å². The van der Waals surface area contributed by atoms with Gasteiger partial charge < -0.3 is 9.67 Å². The summed E-state index contributed by atoms with van der Waals surface area (Å²) >= 11 is 1.12. The van der Waals surface area contributed by atoms with Crippen molar-refractivity contribution >= 4 is 11.3 Å². The van der Waals surface area contributed by atoms with Crippen LogP contribution in [0, 0.1) is 13.8 Å². The van der Waals surface area contributed by atoms with Gasteiger partial charge in [-0.25, -0.2) is 0 Å². The summed E-state index contributed by atoms with van der Waals surface area (Å²) in [6, 6.07) is 6.02. The SMILES string of the molecule is CCn1c(O)c(Cc2cc(C)n(-c3cccnc3)c2C)sc1=O. The molecular weight excluding hydrogens is 310 g/mol. The highest BCUT2D eigenvalue weighted by atomic mass is 32.1. The first kappa shape index (κ1) is 15.6. The molecule has 3 heterocycles. The van der Waals surface area contributed by atoms with Crippen LogP contribution in [0.1, 0.15) is 28.8 Å². The molecule has 6 heteroatoms. The summed E-state index contributed by atoms with van der Waals surface area (Å²) in [6.45, 7) is 6.43. The third kappa shape index (κ3) is 2.70. The van der Waals surface area contributed by atoms with Gasteiger partial charge in [0.25, 0.3) is 0 Å². The van der Waals surface area contributed by atoms with E-state index in [2.05, 4.69) is 15.6 Å². The van der Waals surface area contributed by atoms with Gasteiger partial charge in [-0.15, -0.1) is 0 Å². The van der Waals surface area contributed by atoms with Gasteiger partial charge in [-0.2, -0.15) is 0 Å². The lowest BCUT2D eigenvalue weighted by atomic mass is 10.1. The molecule has 0 saturated heterocycles. The van der Waals surface area contributed by atoms with Gasteiger partial charge in [0.15, 0.2) is 0 Å². The topological polar surface area (TPSA) is 60.1 Å². The second kappa shape index (κ2) is 6.04. The van der Waals surface area contributed by atoms with Crippen LogP contribution in [-0.4, -0.2) is 19.2 Å². The van der Waals surface area contributed by atoms with Crippen molar-refractivity contribution in [1.82, 2.24) is 14.1 Å². The summed E-state index contributed by atoms with van der Waals surface area (Å²) in [4.78, 5) is 16.6. The number of hydrogen-bond acceptors (Lipinski definition) is 4. The molecule has 0 aromatic carbocycles. The van der Waals surface area contributed by atoms with Crippen LogP contribution in [-0.2, 0) is 13.0 Å². The molecule has 0 aliphatic rings. The predicted octanol–water partition coefficient (Wildman–Crippen LogP) is 3.03. The van der Waals surface area contributed by atoms with Crippen LogP contribution in [0.4, 0.5) is 0 Å². The molecule has 120 valence electrons. The maximum absolute atomic E-state index is 11.9. The minimum Gasteiger partial charge on any atom is -0.494 e. The van der Waals surface area contributed by atoms with Crippen molar-refractivity contribution in [2.45, 2.75) is 33.7 Å². The molecule has 0 saturated carbocycles. The van der Waals surface area contributed by atoms with E-state index in [4.69, 9.17) is 0 Å². The van der Waals surface area contributed by atoms with E-state index in [-0.39, 0.29) is 10.8 Å². The first-order valence-electron chi connectivity index (χ1n) is 7.52. The van der Waals surface area contributed by atoms with E-state index in [1.807, 2.05) is 39.1 Å². The van der Waals surface area contributed by atoms with E-state index in [1.165, 1.54) is 4.57 Å². The summed E-state index contributed by atoms with van der Waals surface area (Å²) in [5, 5.41) is 10.2. The summed E-state index contributed by atoms with van der Waals surface area (Å²) in [6.07, 6.45) is 4.13.